The molecule has 0 radical (unpaired) electrons. The van der Waals surface area contributed by atoms with Crippen molar-refractivity contribution in [2.24, 2.45) is 17.2 Å². The number of hydrogen-bond donors (Lipinski definition) is 7. The average Bonchev–Trinajstić information content (AvgIpc) is 3.28. The molecule has 348 valence electrons. The minimum absolute atomic E-state index is 0.000627. The molecule has 0 aliphatic carbocycles. The van der Waals surface area contributed by atoms with Gasteiger partial charge in [0, 0.05) is 43.2 Å². The lowest BCUT2D eigenvalue weighted by Crippen LogP contribution is -2.56. The molecule has 2 heterocycles. The van der Waals surface area contributed by atoms with Gasteiger partial charge in [-0.25, -0.2) is 9.97 Å². The van der Waals surface area contributed by atoms with E-state index in [-0.39, 0.29) is 57.8 Å². The highest BCUT2D eigenvalue weighted by Gasteiger charge is 2.36. The number of nitrogens with one attached hydrogen (secondary N) is 4. The van der Waals surface area contributed by atoms with Gasteiger partial charge in [-0.05, 0) is 88.5 Å². The highest BCUT2D eigenvalue weighted by atomic mass is 16.5. The summed E-state index contributed by atoms with van der Waals surface area (Å²) in [7, 11) is 1.41. The number of carbonyl (C=O) groups excluding carboxylic acids is 5. The van der Waals surface area contributed by atoms with E-state index < -0.39 is 53.7 Å². The third-order valence-corrected chi connectivity index (χ3v) is 10.7. The van der Waals surface area contributed by atoms with Gasteiger partial charge in [-0.1, -0.05) is 48.0 Å². The minimum atomic E-state index is -1.41. The monoisotopic (exact) mass is 901 g/mol. The number of aromatic nitrogens is 2. The average molecular weight is 902 g/mol. The third-order valence-electron chi connectivity index (χ3n) is 10.7. The van der Waals surface area contributed by atoms with Crippen LogP contribution in [0.1, 0.15) is 71.7 Å². The van der Waals surface area contributed by atoms with E-state index in [1.165, 1.54) is 18.9 Å². The summed E-state index contributed by atoms with van der Waals surface area (Å²) < 4.78 is 12.2. The molecule has 5 amide bonds. The SMILES string of the molecule is CC(C)=Cc1ccc(-c2nc(C)c(C(=O)NC(CCN)C(=O)N(C)C3C(=O)NC(C)C(=O)NC(C(=O)NCC#N)Cc4ccc(OCCN)c(c4)-c4cc3ccc4OCCN)c(C)n2)cc1. The predicted molar refractivity (Wildman–Crippen MR) is 250 cm³/mol. The molecule has 1 aliphatic rings. The molecule has 0 saturated carbocycles. The van der Waals surface area contributed by atoms with E-state index >= 15 is 0 Å². The molecule has 1 aromatic heterocycles. The van der Waals surface area contributed by atoms with Crippen molar-refractivity contribution in [1.29, 1.82) is 5.26 Å². The van der Waals surface area contributed by atoms with E-state index in [1.54, 1.807) is 50.2 Å². The lowest BCUT2D eigenvalue weighted by Gasteiger charge is -2.32. The Morgan fingerprint density at radius 3 is 2.11 bits per heavy atom. The standard InChI is InChI=1S/C48H59N11O7/c1-27(2)23-31-7-10-33(11-8-31)43-54-28(3)41(29(4)55-43)46(62)57-37(15-16-49)48(64)59(6)42-34-12-14-40(66-22-19-52)36(26-34)35-24-32(9-13-39(35)65-21-18-51)25-38(45(61)53-20-17-50)58-44(60)30(5)56-47(42)63/h7-14,23-24,26,30,37-38,42H,15-16,18-22,25,49,51-52H2,1-6H3,(H,53,61)(H,56,63)(H,57,62)(H,58,60). The maximum absolute atomic E-state index is 14.7. The fraction of sp³-hybridized carbons (Fsp3) is 0.375. The number of aryl methyl sites for hydroxylation is 2. The Balaban J connectivity index is 1.57. The number of carbonyl (C=O) groups is 5. The number of nitrogens with zero attached hydrogens (tertiary/aromatic N) is 4. The number of hydrogen-bond acceptors (Lipinski definition) is 13. The van der Waals surface area contributed by atoms with Crippen LogP contribution in [0.5, 0.6) is 11.5 Å². The van der Waals surface area contributed by atoms with Crippen molar-refractivity contribution in [3.8, 4) is 40.1 Å². The van der Waals surface area contributed by atoms with Crippen molar-refractivity contribution >= 4 is 35.6 Å². The zero-order chi connectivity index (χ0) is 48.1. The van der Waals surface area contributed by atoms with Crippen LogP contribution in [0.3, 0.4) is 0 Å². The first-order valence-corrected chi connectivity index (χ1v) is 21.7. The molecule has 0 fully saturated rings. The van der Waals surface area contributed by atoms with E-state index in [1.807, 2.05) is 44.2 Å². The highest BCUT2D eigenvalue weighted by Crippen LogP contribution is 2.40. The number of nitrogens with two attached hydrogens (primary N) is 3. The maximum Gasteiger partial charge on any atom is 0.255 e. The van der Waals surface area contributed by atoms with Gasteiger partial charge in [-0.15, -0.1) is 0 Å². The smallest absolute Gasteiger partial charge is 0.255 e. The number of nitriles is 1. The van der Waals surface area contributed by atoms with Gasteiger partial charge >= 0.3 is 0 Å². The molecule has 10 N–H and O–H groups in total. The molecule has 1 aliphatic heterocycles. The number of fused-ring (bicyclic) bond motifs is 5. The molecule has 0 saturated heterocycles. The zero-order valence-corrected chi connectivity index (χ0v) is 38.2. The summed E-state index contributed by atoms with van der Waals surface area (Å²) in [5.41, 5.74) is 23.5. The van der Waals surface area contributed by atoms with Crippen LogP contribution in [0, 0.1) is 25.2 Å². The Hall–Kier alpha value is -7.20. The van der Waals surface area contributed by atoms with Crippen molar-refractivity contribution in [3.63, 3.8) is 0 Å². The number of amides is 5. The zero-order valence-electron chi connectivity index (χ0n) is 38.2. The molecule has 5 rings (SSSR count). The fourth-order valence-corrected chi connectivity index (χ4v) is 7.60. The molecule has 18 nitrogen and oxygen atoms in total. The van der Waals surface area contributed by atoms with Crippen LogP contribution in [0.4, 0.5) is 0 Å². The van der Waals surface area contributed by atoms with Gasteiger partial charge in [0.1, 0.15) is 55.4 Å². The molecule has 66 heavy (non-hydrogen) atoms. The molecule has 18 heteroatoms. The van der Waals surface area contributed by atoms with Crippen LogP contribution < -0.4 is 47.9 Å². The van der Waals surface area contributed by atoms with Gasteiger partial charge in [-0.3, -0.25) is 24.0 Å². The number of rotatable bonds is 16. The summed E-state index contributed by atoms with van der Waals surface area (Å²) in [5.74, 6) is -2.15. The molecule has 4 unspecified atom stereocenters. The number of benzene rings is 3. The Kier molecular flexibility index (Phi) is 17.5. The maximum atomic E-state index is 14.7. The van der Waals surface area contributed by atoms with Gasteiger partial charge in [0.2, 0.25) is 23.6 Å². The minimum Gasteiger partial charge on any atom is -0.492 e. The second kappa shape index (κ2) is 23.1. The Morgan fingerprint density at radius 2 is 1.52 bits per heavy atom. The summed E-state index contributed by atoms with van der Waals surface area (Å²) in [6.07, 6.45) is 2.05. The summed E-state index contributed by atoms with van der Waals surface area (Å²) in [5, 5.41) is 19.9. The number of allylic oxidation sites excluding steroid dienone is 1. The fourth-order valence-electron chi connectivity index (χ4n) is 7.60. The van der Waals surface area contributed by atoms with Gasteiger partial charge in [0.15, 0.2) is 5.82 Å². The van der Waals surface area contributed by atoms with Crippen molar-refractivity contribution in [1.82, 2.24) is 36.1 Å². The van der Waals surface area contributed by atoms with Gasteiger partial charge < -0.3 is 52.8 Å². The Labute approximate surface area is 384 Å². The van der Waals surface area contributed by atoms with Gasteiger partial charge in [-0.2, -0.15) is 5.26 Å². The predicted octanol–water partition coefficient (Wildman–Crippen LogP) is 2.36. The van der Waals surface area contributed by atoms with Crippen LogP contribution in [-0.2, 0) is 25.6 Å². The highest BCUT2D eigenvalue weighted by molar-refractivity contribution is 6.00. The summed E-state index contributed by atoms with van der Waals surface area (Å²) >= 11 is 0. The topological polar surface area (TPSA) is 283 Å². The quantitative estimate of drug-likeness (QED) is 0.0797. The second-order valence-electron chi connectivity index (χ2n) is 16.1. The van der Waals surface area contributed by atoms with Gasteiger partial charge in [0.25, 0.3) is 5.91 Å². The van der Waals surface area contributed by atoms with Crippen molar-refractivity contribution in [2.75, 3.05) is 46.4 Å². The summed E-state index contributed by atoms with van der Waals surface area (Å²) in [6.45, 7) is 9.21. The normalized spacial score (nSPS) is 16.3. The summed E-state index contributed by atoms with van der Waals surface area (Å²) in [6, 6.07) is 14.8. The largest absolute Gasteiger partial charge is 0.492 e. The molecular formula is C48H59N11O7. The molecular weight excluding hydrogens is 843 g/mol. The first kappa shape index (κ1) is 49.8. The number of ether oxygens (including phenoxy) is 2. The van der Waals surface area contributed by atoms with Crippen LogP contribution in [0.2, 0.25) is 0 Å². The van der Waals surface area contributed by atoms with E-state index in [0.717, 1.165) is 16.7 Å². The van der Waals surface area contributed by atoms with E-state index in [2.05, 4.69) is 37.3 Å². The van der Waals surface area contributed by atoms with Crippen LogP contribution in [0.25, 0.3) is 28.6 Å². The van der Waals surface area contributed by atoms with E-state index in [0.29, 0.717) is 51.0 Å². The van der Waals surface area contributed by atoms with E-state index in [4.69, 9.17) is 31.9 Å². The first-order valence-electron chi connectivity index (χ1n) is 21.7. The Bertz CT molecular complexity index is 2480. The van der Waals surface area contributed by atoms with Crippen LogP contribution >= 0.6 is 0 Å². The molecule has 4 aromatic rings. The third kappa shape index (κ3) is 12.3. The van der Waals surface area contributed by atoms with Crippen molar-refractivity contribution in [3.05, 3.63) is 99.9 Å². The lowest BCUT2D eigenvalue weighted by atomic mass is 9.93. The van der Waals surface area contributed by atoms with Crippen LogP contribution in [0.15, 0.2) is 66.2 Å². The van der Waals surface area contributed by atoms with Gasteiger partial charge in [0.05, 0.1) is 23.0 Å². The first-order chi connectivity index (χ1) is 31.6. The number of likely N-dealkylation sites (N-methyl/N-ethyl adjacent to an activating group) is 1. The summed E-state index contributed by atoms with van der Waals surface area (Å²) in [4.78, 5) is 81.0. The molecule has 3 aromatic carbocycles. The molecule has 0 spiro atoms. The lowest BCUT2D eigenvalue weighted by molar-refractivity contribution is -0.141. The molecule has 4 bridgehead atoms. The van der Waals surface area contributed by atoms with Crippen LogP contribution in [-0.4, -0.2) is 109 Å². The van der Waals surface area contributed by atoms with Crippen molar-refractivity contribution < 1.29 is 33.4 Å². The molecule has 4 atom stereocenters. The van der Waals surface area contributed by atoms with Crippen molar-refractivity contribution in [2.45, 2.75) is 71.6 Å². The Morgan fingerprint density at radius 1 is 0.894 bits per heavy atom. The van der Waals surface area contributed by atoms with E-state index in [9.17, 15) is 24.0 Å². The second-order valence-corrected chi connectivity index (χ2v) is 16.1.